The molecule has 0 amide bonds. The molecular weight excluding hydrogens is 207 g/mol. The Hall–Kier alpha value is -1.58. The molecule has 2 rings (SSSR count). The van der Waals surface area contributed by atoms with Gasteiger partial charge in [0.2, 0.25) is 0 Å². The first kappa shape index (κ1) is 10.9. The second kappa shape index (κ2) is 4.12. The molecule has 0 aliphatic heterocycles. The summed E-state index contributed by atoms with van der Waals surface area (Å²) in [5, 5.41) is 4.91. The summed E-state index contributed by atoms with van der Waals surface area (Å²) >= 11 is 0. The number of methoxy groups -OCH3 is 1. The van der Waals surface area contributed by atoms with E-state index in [2.05, 4.69) is 12.0 Å². The quantitative estimate of drug-likeness (QED) is 0.798. The number of aryl methyl sites for hydroxylation is 2. The lowest BCUT2D eigenvalue weighted by molar-refractivity contribution is 0.383. The van der Waals surface area contributed by atoms with Gasteiger partial charge in [0.1, 0.15) is 5.52 Å². The summed E-state index contributed by atoms with van der Waals surface area (Å²) < 4.78 is 20.8. The van der Waals surface area contributed by atoms with E-state index in [-0.39, 0.29) is 5.82 Å². The van der Waals surface area contributed by atoms with Crippen LogP contribution in [0.3, 0.4) is 0 Å². The molecule has 0 aliphatic carbocycles. The van der Waals surface area contributed by atoms with E-state index in [0.717, 1.165) is 23.8 Å². The van der Waals surface area contributed by atoms with Crippen molar-refractivity contribution in [2.24, 2.45) is 7.05 Å². The monoisotopic (exact) mass is 222 g/mol. The summed E-state index contributed by atoms with van der Waals surface area (Å²) in [5.41, 5.74) is 1.28. The fraction of sp³-hybridized carbons (Fsp3) is 0.417. The number of hydrogen-bond acceptors (Lipinski definition) is 2. The summed E-state index contributed by atoms with van der Waals surface area (Å²) in [6, 6.07) is 1.95. The van der Waals surface area contributed by atoms with Crippen LogP contribution in [0.15, 0.2) is 12.3 Å². The van der Waals surface area contributed by atoms with E-state index in [1.807, 2.05) is 12.3 Å². The molecule has 0 fully saturated rings. The molecule has 16 heavy (non-hydrogen) atoms. The van der Waals surface area contributed by atoms with Crippen molar-refractivity contribution >= 4 is 10.9 Å². The maximum Gasteiger partial charge on any atom is 0.193 e. The number of benzene rings is 1. The van der Waals surface area contributed by atoms with Gasteiger partial charge < -0.3 is 4.74 Å². The molecule has 0 saturated heterocycles. The number of aromatic nitrogens is 2. The number of hydrogen-bond donors (Lipinski definition) is 0. The molecule has 1 aromatic heterocycles. The Labute approximate surface area is 93.8 Å². The third-order valence-electron chi connectivity index (χ3n) is 2.61. The van der Waals surface area contributed by atoms with Gasteiger partial charge in [-0.2, -0.15) is 5.10 Å². The zero-order valence-corrected chi connectivity index (χ0v) is 9.75. The summed E-state index contributed by atoms with van der Waals surface area (Å²) in [6.45, 7) is 2.06. The highest BCUT2D eigenvalue weighted by atomic mass is 19.1. The van der Waals surface area contributed by atoms with Crippen molar-refractivity contribution in [1.82, 2.24) is 9.78 Å². The van der Waals surface area contributed by atoms with Crippen LogP contribution in [0.4, 0.5) is 4.39 Å². The van der Waals surface area contributed by atoms with Gasteiger partial charge in [0.15, 0.2) is 11.6 Å². The van der Waals surface area contributed by atoms with Gasteiger partial charge in [0, 0.05) is 18.6 Å². The van der Waals surface area contributed by atoms with E-state index in [1.54, 1.807) is 11.7 Å². The molecule has 1 aromatic carbocycles. The average molecular weight is 222 g/mol. The largest absolute Gasteiger partial charge is 0.493 e. The third-order valence-corrected chi connectivity index (χ3v) is 2.61. The van der Waals surface area contributed by atoms with Gasteiger partial charge >= 0.3 is 0 Å². The fourth-order valence-corrected chi connectivity index (χ4v) is 1.96. The van der Waals surface area contributed by atoms with Crippen molar-refractivity contribution in [3.05, 3.63) is 23.6 Å². The molecule has 0 saturated carbocycles. The van der Waals surface area contributed by atoms with Crippen LogP contribution in [0, 0.1) is 5.82 Å². The van der Waals surface area contributed by atoms with Gasteiger partial charge in [-0.3, -0.25) is 4.68 Å². The lowest BCUT2D eigenvalue weighted by atomic mass is 10.1. The van der Waals surface area contributed by atoms with Gasteiger partial charge in [-0.15, -0.1) is 0 Å². The number of rotatable bonds is 3. The first-order valence-electron chi connectivity index (χ1n) is 5.36. The number of ether oxygens (including phenoxy) is 1. The Bertz CT molecular complexity index is 519. The van der Waals surface area contributed by atoms with E-state index < -0.39 is 0 Å². The smallest absolute Gasteiger partial charge is 0.193 e. The molecule has 0 N–H and O–H groups in total. The minimum absolute atomic E-state index is 0.327. The van der Waals surface area contributed by atoms with Gasteiger partial charge in [-0.25, -0.2) is 4.39 Å². The summed E-state index contributed by atoms with van der Waals surface area (Å²) in [7, 11) is 3.28. The number of halogens is 1. The maximum atomic E-state index is 14.1. The van der Waals surface area contributed by atoms with Crippen LogP contribution in [0.5, 0.6) is 5.75 Å². The van der Waals surface area contributed by atoms with Crippen molar-refractivity contribution in [2.45, 2.75) is 19.8 Å². The van der Waals surface area contributed by atoms with Gasteiger partial charge in [-0.05, 0) is 18.1 Å². The molecule has 0 aliphatic rings. The first-order chi connectivity index (χ1) is 7.67. The Morgan fingerprint density at radius 2 is 2.25 bits per heavy atom. The Morgan fingerprint density at radius 1 is 1.50 bits per heavy atom. The van der Waals surface area contributed by atoms with Crippen molar-refractivity contribution in [3.63, 3.8) is 0 Å². The lowest BCUT2D eigenvalue weighted by Gasteiger charge is -2.08. The van der Waals surface area contributed by atoms with Crippen LogP contribution in [0.25, 0.3) is 10.9 Å². The van der Waals surface area contributed by atoms with Crippen LogP contribution < -0.4 is 4.74 Å². The fourth-order valence-electron chi connectivity index (χ4n) is 1.96. The normalized spacial score (nSPS) is 11.0. The van der Waals surface area contributed by atoms with Crippen LogP contribution in [0.2, 0.25) is 0 Å². The molecule has 0 radical (unpaired) electrons. The molecule has 0 atom stereocenters. The first-order valence-corrected chi connectivity index (χ1v) is 5.36. The molecule has 1 heterocycles. The average Bonchev–Trinajstić information content (AvgIpc) is 2.60. The van der Waals surface area contributed by atoms with Crippen LogP contribution in [-0.4, -0.2) is 16.9 Å². The van der Waals surface area contributed by atoms with E-state index in [1.165, 1.54) is 7.11 Å². The van der Waals surface area contributed by atoms with Crippen molar-refractivity contribution in [2.75, 3.05) is 7.11 Å². The topological polar surface area (TPSA) is 27.1 Å². The molecule has 4 heteroatoms. The molecular formula is C12H15FN2O. The van der Waals surface area contributed by atoms with Crippen molar-refractivity contribution in [1.29, 1.82) is 0 Å². The predicted octanol–water partition coefficient (Wildman–Crippen LogP) is 2.67. The zero-order chi connectivity index (χ0) is 11.7. The second-order valence-corrected chi connectivity index (χ2v) is 3.87. The Morgan fingerprint density at radius 3 is 2.88 bits per heavy atom. The highest BCUT2D eigenvalue weighted by Crippen LogP contribution is 2.30. The van der Waals surface area contributed by atoms with E-state index in [4.69, 9.17) is 4.74 Å². The van der Waals surface area contributed by atoms with Crippen LogP contribution >= 0.6 is 0 Å². The highest BCUT2D eigenvalue weighted by molar-refractivity contribution is 5.81. The van der Waals surface area contributed by atoms with Crippen molar-refractivity contribution in [3.8, 4) is 5.75 Å². The maximum absolute atomic E-state index is 14.1. The highest BCUT2D eigenvalue weighted by Gasteiger charge is 2.15. The Balaban J connectivity index is 2.70. The molecule has 2 aromatic rings. The van der Waals surface area contributed by atoms with Crippen LogP contribution in [-0.2, 0) is 13.5 Å². The lowest BCUT2D eigenvalue weighted by Crippen LogP contribution is -1.96. The minimum atomic E-state index is -0.357. The van der Waals surface area contributed by atoms with Crippen LogP contribution in [0.1, 0.15) is 18.9 Å². The molecule has 0 unspecified atom stereocenters. The van der Waals surface area contributed by atoms with Gasteiger partial charge in [0.25, 0.3) is 0 Å². The number of fused-ring (bicyclic) bond motifs is 1. The molecule has 3 nitrogen and oxygen atoms in total. The second-order valence-electron chi connectivity index (χ2n) is 3.87. The van der Waals surface area contributed by atoms with Gasteiger partial charge in [0.05, 0.1) is 7.11 Å². The molecule has 86 valence electrons. The van der Waals surface area contributed by atoms with Crippen molar-refractivity contribution < 1.29 is 9.13 Å². The van der Waals surface area contributed by atoms with E-state index in [0.29, 0.717) is 11.3 Å². The third kappa shape index (κ3) is 1.64. The predicted molar refractivity (Wildman–Crippen MR) is 61.2 cm³/mol. The summed E-state index contributed by atoms with van der Waals surface area (Å²) in [4.78, 5) is 0. The standard InChI is InChI=1S/C12H15FN2O/c1-4-5-8-6-9-7-15(2)14-11(9)10(13)12(8)16-3/h6-7H,4-5H2,1-3H3. The van der Waals surface area contributed by atoms with Gasteiger partial charge in [-0.1, -0.05) is 13.3 Å². The molecule has 0 bridgehead atoms. The minimum Gasteiger partial charge on any atom is -0.493 e. The number of nitrogens with zero attached hydrogens (tertiary/aromatic N) is 2. The zero-order valence-electron chi connectivity index (χ0n) is 9.75. The summed E-state index contributed by atoms with van der Waals surface area (Å²) in [6.07, 6.45) is 3.59. The SMILES string of the molecule is CCCc1cc2cn(C)nc2c(F)c1OC. The van der Waals surface area contributed by atoms with E-state index in [9.17, 15) is 4.39 Å². The summed E-state index contributed by atoms with van der Waals surface area (Å²) in [5.74, 6) is -0.0305. The Kier molecular flexibility index (Phi) is 2.81. The van der Waals surface area contributed by atoms with E-state index >= 15 is 0 Å². The molecule has 0 spiro atoms.